The summed E-state index contributed by atoms with van der Waals surface area (Å²) in [5.74, 6) is -1.56. The summed E-state index contributed by atoms with van der Waals surface area (Å²) in [6, 6.07) is 15.1. The van der Waals surface area contributed by atoms with E-state index in [0.29, 0.717) is 6.42 Å². The summed E-state index contributed by atoms with van der Waals surface area (Å²) < 4.78 is 0. The number of aromatic nitrogens is 1. The summed E-state index contributed by atoms with van der Waals surface area (Å²) in [6.45, 7) is 0. The second-order valence-electron chi connectivity index (χ2n) is 6.26. The van der Waals surface area contributed by atoms with Gasteiger partial charge >= 0.3 is 5.97 Å². The third-order valence-corrected chi connectivity index (χ3v) is 4.35. The minimum Gasteiger partial charge on any atom is -0.480 e. The molecule has 6 nitrogen and oxygen atoms in total. The van der Waals surface area contributed by atoms with Crippen molar-refractivity contribution in [1.82, 2.24) is 10.3 Å². The van der Waals surface area contributed by atoms with Gasteiger partial charge in [0.2, 0.25) is 5.91 Å². The van der Waals surface area contributed by atoms with Crippen molar-refractivity contribution in [3.8, 4) is 0 Å². The van der Waals surface area contributed by atoms with Gasteiger partial charge in [-0.3, -0.25) is 4.79 Å². The number of H-pyrrole nitrogens is 1. The highest BCUT2D eigenvalue weighted by atomic mass is 16.4. The molecule has 0 unspecified atom stereocenters. The Kier molecular flexibility index (Phi) is 5.34. The quantitative estimate of drug-likeness (QED) is 0.521. The van der Waals surface area contributed by atoms with E-state index in [1.807, 2.05) is 60.8 Å². The Balaban J connectivity index is 1.66. The standard InChI is InChI=1S/C20H21N3O3/c21-16(11-14-12-22-17-9-5-4-8-15(14)17)19(24)23-18(20(25)26)10-13-6-2-1-3-7-13/h1-9,12,16,18,22H,10-11,21H2,(H,23,24)(H,25,26)/t16-,18+/m1/s1. The smallest absolute Gasteiger partial charge is 0.326 e. The van der Waals surface area contributed by atoms with Gasteiger partial charge in [-0.25, -0.2) is 4.79 Å². The first-order valence-corrected chi connectivity index (χ1v) is 8.42. The van der Waals surface area contributed by atoms with Crippen LogP contribution in [-0.2, 0) is 22.4 Å². The number of hydrogen-bond donors (Lipinski definition) is 4. The van der Waals surface area contributed by atoms with Crippen molar-refractivity contribution in [3.63, 3.8) is 0 Å². The molecule has 0 bridgehead atoms. The number of nitrogens with two attached hydrogens (primary N) is 1. The molecule has 3 aromatic rings. The maximum atomic E-state index is 12.4. The van der Waals surface area contributed by atoms with E-state index in [1.165, 1.54) is 0 Å². The number of hydrogen-bond acceptors (Lipinski definition) is 3. The third kappa shape index (κ3) is 4.10. The number of aliphatic carboxylic acids is 1. The number of para-hydroxylation sites is 1. The average molecular weight is 351 g/mol. The van der Waals surface area contributed by atoms with E-state index in [9.17, 15) is 14.7 Å². The SMILES string of the molecule is N[C@H](Cc1c[nH]c2ccccc12)C(=O)N[C@@H](Cc1ccccc1)C(=O)O. The van der Waals surface area contributed by atoms with Crippen LogP contribution in [0.5, 0.6) is 0 Å². The van der Waals surface area contributed by atoms with Crippen LogP contribution >= 0.6 is 0 Å². The molecule has 0 aliphatic rings. The molecule has 0 fully saturated rings. The molecule has 3 rings (SSSR count). The molecule has 0 aliphatic carbocycles. The van der Waals surface area contributed by atoms with E-state index in [4.69, 9.17) is 5.73 Å². The molecule has 1 heterocycles. The Labute approximate surface area is 151 Å². The van der Waals surface area contributed by atoms with Crippen LogP contribution in [0.25, 0.3) is 10.9 Å². The van der Waals surface area contributed by atoms with E-state index in [0.717, 1.165) is 22.0 Å². The maximum Gasteiger partial charge on any atom is 0.326 e. The van der Waals surface area contributed by atoms with Gasteiger partial charge in [0.25, 0.3) is 0 Å². The van der Waals surface area contributed by atoms with Gasteiger partial charge in [-0.1, -0.05) is 48.5 Å². The van der Waals surface area contributed by atoms with Crippen molar-refractivity contribution in [3.05, 3.63) is 71.9 Å². The summed E-state index contributed by atoms with van der Waals surface area (Å²) in [5.41, 5.74) is 8.76. The lowest BCUT2D eigenvalue weighted by Crippen LogP contribution is -2.50. The Morgan fingerprint density at radius 3 is 2.46 bits per heavy atom. The molecule has 5 N–H and O–H groups in total. The fourth-order valence-electron chi connectivity index (χ4n) is 2.96. The number of carbonyl (C=O) groups excluding carboxylic acids is 1. The van der Waals surface area contributed by atoms with E-state index in [2.05, 4.69) is 10.3 Å². The van der Waals surface area contributed by atoms with Crippen LogP contribution in [0.1, 0.15) is 11.1 Å². The molecule has 0 saturated carbocycles. The number of aromatic amines is 1. The fourth-order valence-corrected chi connectivity index (χ4v) is 2.96. The van der Waals surface area contributed by atoms with Crippen LogP contribution in [-0.4, -0.2) is 34.1 Å². The van der Waals surface area contributed by atoms with Crippen molar-refractivity contribution < 1.29 is 14.7 Å². The number of carboxylic acid groups (broad SMARTS) is 1. The van der Waals surface area contributed by atoms with Crippen LogP contribution < -0.4 is 11.1 Å². The van der Waals surface area contributed by atoms with E-state index >= 15 is 0 Å². The van der Waals surface area contributed by atoms with Crippen LogP contribution in [0, 0.1) is 0 Å². The number of nitrogens with one attached hydrogen (secondary N) is 2. The van der Waals surface area contributed by atoms with Gasteiger partial charge < -0.3 is 21.1 Å². The molecule has 134 valence electrons. The largest absolute Gasteiger partial charge is 0.480 e. The number of amides is 1. The van der Waals surface area contributed by atoms with Gasteiger partial charge in [-0.05, 0) is 23.6 Å². The maximum absolute atomic E-state index is 12.4. The number of carbonyl (C=O) groups is 2. The van der Waals surface area contributed by atoms with Crippen molar-refractivity contribution in [2.24, 2.45) is 5.73 Å². The van der Waals surface area contributed by atoms with Crippen LogP contribution in [0.3, 0.4) is 0 Å². The molecule has 26 heavy (non-hydrogen) atoms. The Morgan fingerprint density at radius 2 is 1.73 bits per heavy atom. The molecule has 2 aromatic carbocycles. The van der Waals surface area contributed by atoms with E-state index in [1.54, 1.807) is 0 Å². The number of carboxylic acids is 1. The minimum absolute atomic E-state index is 0.210. The van der Waals surface area contributed by atoms with Crippen LogP contribution in [0.15, 0.2) is 60.8 Å². The number of rotatable bonds is 7. The van der Waals surface area contributed by atoms with Crippen molar-refractivity contribution in [2.75, 3.05) is 0 Å². The van der Waals surface area contributed by atoms with E-state index < -0.39 is 24.0 Å². The number of benzene rings is 2. The third-order valence-electron chi connectivity index (χ3n) is 4.35. The molecule has 0 aliphatic heterocycles. The zero-order chi connectivity index (χ0) is 18.5. The molecular formula is C20H21N3O3. The van der Waals surface area contributed by atoms with Crippen molar-refractivity contribution in [2.45, 2.75) is 24.9 Å². The van der Waals surface area contributed by atoms with Gasteiger partial charge in [0.05, 0.1) is 6.04 Å². The zero-order valence-corrected chi connectivity index (χ0v) is 14.2. The summed E-state index contributed by atoms with van der Waals surface area (Å²) in [4.78, 5) is 27.0. The lowest BCUT2D eigenvalue weighted by atomic mass is 10.0. The predicted octanol–water partition coefficient (Wildman–Crippen LogP) is 1.85. The normalized spacial score (nSPS) is 13.3. The van der Waals surface area contributed by atoms with E-state index in [-0.39, 0.29) is 6.42 Å². The monoisotopic (exact) mass is 351 g/mol. The minimum atomic E-state index is -1.08. The first-order valence-electron chi connectivity index (χ1n) is 8.42. The summed E-state index contributed by atoms with van der Waals surface area (Å²) in [6.07, 6.45) is 2.37. The van der Waals surface area contributed by atoms with Gasteiger partial charge in [-0.15, -0.1) is 0 Å². The lowest BCUT2D eigenvalue weighted by molar-refractivity contribution is -0.141. The fraction of sp³-hybridized carbons (Fsp3) is 0.200. The van der Waals surface area contributed by atoms with Gasteiger partial charge in [0, 0.05) is 23.5 Å². The van der Waals surface area contributed by atoms with Crippen LogP contribution in [0.4, 0.5) is 0 Å². The highest BCUT2D eigenvalue weighted by Gasteiger charge is 2.24. The molecule has 0 saturated heterocycles. The molecular weight excluding hydrogens is 330 g/mol. The molecule has 0 radical (unpaired) electrons. The molecule has 6 heteroatoms. The zero-order valence-electron chi connectivity index (χ0n) is 14.2. The molecule has 1 amide bonds. The first-order chi connectivity index (χ1) is 12.5. The summed E-state index contributed by atoms with van der Waals surface area (Å²) in [5, 5.41) is 13.0. The molecule has 2 atom stereocenters. The highest BCUT2D eigenvalue weighted by Crippen LogP contribution is 2.18. The summed E-state index contributed by atoms with van der Waals surface area (Å²) >= 11 is 0. The summed E-state index contributed by atoms with van der Waals surface area (Å²) in [7, 11) is 0. The van der Waals surface area contributed by atoms with Gasteiger partial charge in [0.15, 0.2) is 0 Å². The van der Waals surface area contributed by atoms with Crippen molar-refractivity contribution >= 4 is 22.8 Å². The predicted molar refractivity (Wildman–Crippen MR) is 99.7 cm³/mol. The van der Waals surface area contributed by atoms with Crippen molar-refractivity contribution in [1.29, 1.82) is 0 Å². The Morgan fingerprint density at radius 1 is 1.04 bits per heavy atom. The Bertz CT molecular complexity index is 905. The second kappa shape index (κ2) is 7.84. The lowest BCUT2D eigenvalue weighted by Gasteiger charge is -2.18. The molecule has 1 aromatic heterocycles. The molecule has 0 spiro atoms. The Hall–Kier alpha value is -3.12. The number of fused-ring (bicyclic) bond motifs is 1. The van der Waals surface area contributed by atoms with Crippen LogP contribution in [0.2, 0.25) is 0 Å². The second-order valence-corrected chi connectivity index (χ2v) is 6.26. The van der Waals surface area contributed by atoms with Gasteiger partial charge in [0.1, 0.15) is 6.04 Å². The first kappa shape index (κ1) is 17.7. The topological polar surface area (TPSA) is 108 Å². The van der Waals surface area contributed by atoms with Gasteiger partial charge in [-0.2, -0.15) is 0 Å². The highest BCUT2D eigenvalue weighted by molar-refractivity contribution is 5.88. The average Bonchev–Trinajstić information content (AvgIpc) is 3.05.